The van der Waals surface area contributed by atoms with E-state index in [1.54, 1.807) is 31.2 Å². The van der Waals surface area contributed by atoms with Gasteiger partial charge in [0.25, 0.3) is 0 Å². The Balaban J connectivity index is 1.62. The Bertz CT molecular complexity index is 1090. The van der Waals surface area contributed by atoms with E-state index in [2.05, 4.69) is 9.84 Å². The van der Waals surface area contributed by atoms with Crippen LogP contribution in [0.4, 0.5) is 0 Å². The van der Waals surface area contributed by atoms with Crippen LogP contribution in [-0.4, -0.2) is 48.8 Å². The summed E-state index contributed by atoms with van der Waals surface area (Å²) in [6.45, 7) is 1.77. The second kappa shape index (κ2) is 9.01. The summed E-state index contributed by atoms with van der Waals surface area (Å²) in [5, 5.41) is 4.63. The number of hydrogen-bond donors (Lipinski definition) is 0. The first-order chi connectivity index (χ1) is 14.2. The molecule has 1 aromatic heterocycles. The highest BCUT2D eigenvalue weighted by Gasteiger charge is 2.31. The molecule has 0 bridgehead atoms. The van der Waals surface area contributed by atoms with Crippen LogP contribution in [-0.2, 0) is 30.7 Å². The van der Waals surface area contributed by atoms with Crippen LogP contribution in [0.3, 0.4) is 0 Å². The largest absolute Gasteiger partial charge is 0.465 e. The molecule has 160 valence electrons. The van der Waals surface area contributed by atoms with Crippen molar-refractivity contribution in [2.45, 2.75) is 26.0 Å². The van der Waals surface area contributed by atoms with Gasteiger partial charge in [-0.3, -0.25) is 0 Å². The third-order valence-electron chi connectivity index (χ3n) is 4.77. The lowest BCUT2D eigenvalue weighted by Gasteiger charge is -2.09. The summed E-state index contributed by atoms with van der Waals surface area (Å²) in [5.41, 5.74) is 2.26. The van der Waals surface area contributed by atoms with Crippen molar-refractivity contribution < 1.29 is 27.5 Å². The van der Waals surface area contributed by atoms with Gasteiger partial charge in [0.1, 0.15) is 11.8 Å². The van der Waals surface area contributed by atoms with Crippen LogP contribution in [0.25, 0.3) is 6.08 Å². The number of carbonyl (C=O) groups is 2. The fourth-order valence-corrected chi connectivity index (χ4v) is 5.21. The first-order valence-electron chi connectivity index (χ1n) is 9.17. The van der Waals surface area contributed by atoms with Crippen LogP contribution < -0.4 is 0 Å². The molecule has 0 saturated carbocycles. The third-order valence-corrected chi connectivity index (χ3v) is 6.89. The average molecular weight is 453 g/mol. The monoisotopic (exact) mass is 452 g/mol. The molecule has 1 aromatic carbocycles. The van der Waals surface area contributed by atoms with Gasteiger partial charge in [0.15, 0.2) is 9.84 Å². The quantitative estimate of drug-likeness (QED) is 0.490. The number of esters is 2. The van der Waals surface area contributed by atoms with E-state index in [1.165, 1.54) is 23.9 Å². The molecule has 30 heavy (non-hydrogen) atoms. The second-order valence-corrected chi connectivity index (χ2v) is 9.51. The zero-order valence-corrected chi connectivity index (χ0v) is 18.1. The molecule has 0 aliphatic carbocycles. The van der Waals surface area contributed by atoms with Crippen molar-refractivity contribution in [2.75, 3.05) is 18.6 Å². The van der Waals surface area contributed by atoms with Gasteiger partial charge in [0.2, 0.25) is 0 Å². The number of ether oxygens (including phenoxy) is 2. The normalized spacial score (nSPS) is 17.9. The Kier molecular flexibility index (Phi) is 6.62. The van der Waals surface area contributed by atoms with Crippen molar-refractivity contribution in [1.29, 1.82) is 0 Å². The topological polar surface area (TPSA) is 105 Å². The van der Waals surface area contributed by atoms with Gasteiger partial charge in [-0.2, -0.15) is 5.10 Å². The van der Waals surface area contributed by atoms with Gasteiger partial charge in [-0.1, -0.05) is 23.7 Å². The zero-order chi connectivity index (χ0) is 21.9. The van der Waals surface area contributed by atoms with Gasteiger partial charge >= 0.3 is 11.9 Å². The van der Waals surface area contributed by atoms with E-state index in [0.29, 0.717) is 28.8 Å². The molecule has 0 spiro atoms. The lowest BCUT2D eigenvalue weighted by atomic mass is 10.1. The van der Waals surface area contributed by atoms with Crippen LogP contribution in [0, 0.1) is 6.92 Å². The molecule has 8 nitrogen and oxygen atoms in total. The summed E-state index contributed by atoms with van der Waals surface area (Å²) in [6, 6.07) is 6.22. The molecule has 3 rings (SSSR count). The van der Waals surface area contributed by atoms with Crippen molar-refractivity contribution in [3.63, 3.8) is 0 Å². The molecule has 1 fully saturated rings. The number of nitrogens with zero attached hydrogens (tertiary/aromatic N) is 2. The third kappa shape index (κ3) is 5.09. The highest BCUT2D eigenvalue weighted by molar-refractivity contribution is 7.91. The predicted octanol–water partition coefficient (Wildman–Crippen LogP) is 2.75. The number of halogens is 1. The van der Waals surface area contributed by atoms with Gasteiger partial charge in [-0.25, -0.2) is 22.7 Å². The first kappa shape index (κ1) is 22.0. The first-order valence-corrected chi connectivity index (χ1v) is 11.4. The van der Waals surface area contributed by atoms with E-state index in [1.807, 2.05) is 0 Å². The van der Waals surface area contributed by atoms with Gasteiger partial charge in [0, 0.05) is 11.6 Å². The number of hydrogen-bond acceptors (Lipinski definition) is 7. The summed E-state index contributed by atoms with van der Waals surface area (Å²) in [6.07, 6.45) is 3.21. The molecule has 0 amide bonds. The van der Waals surface area contributed by atoms with E-state index >= 15 is 0 Å². The molecular weight excluding hydrogens is 432 g/mol. The average Bonchev–Trinajstić information content (AvgIpc) is 3.22. The number of carbonyl (C=O) groups excluding carboxylic acids is 2. The Morgan fingerprint density at radius 3 is 2.60 bits per heavy atom. The van der Waals surface area contributed by atoms with Crippen LogP contribution in [0.2, 0.25) is 5.15 Å². The standard InChI is InChI=1S/C20H21ClN2O6S/c1-13-17(19(21)23(22-13)16-9-10-30(26,27)12-16)7-8-18(24)29-11-14-3-5-15(6-4-14)20(25)28-2/h3-8,16H,9-12H2,1-2H3/b8-7+. The minimum absolute atomic E-state index is 0.00774. The molecule has 1 aliphatic heterocycles. The van der Waals surface area contributed by atoms with E-state index in [-0.39, 0.29) is 29.3 Å². The van der Waals surface area contributed by atoms with E-state index in [9.17, 15) is 18.0 Å². The molecule has 0 N–H and O–H groups in total. The van der Waals surface area contributed by atoms with Gasteiger partial charge in [0.05, 0.1) is 35.9 Å². The molecule has 1 saturated heterocycles. The molecule has 10 heteroatoms. The zero-order valence-electron chi connectivity index (χ0n) is 16.5. The Hall–Kier alpha value is -2.65. The fraction of sp³-hybridized carbons (Fsp3) is 0.350. The molecule has 1 atom stereocenters. The van der Waals surface area contributed by atoms with E-state index in [0.717, 1.165) is 0 Å². The molecular formula is C20H21ClN2O6S. The summed E-state index contributed by atoms with van der Waals surface area (Å²) >= 11 is 6.38. The molecule has 2 aromatic rings. The second-order valence-electron chi connectivity index (χ2n) is 6.92. The number of sulfone groups is 1. The van der Waals surface area contributed by atoms with Gasteiger partial charge in [-0.15, -0.1) is 0 Å². The molecule has 1 aliphatic rings. The highest BCUT2D eigenvalue weighted by Crippen LogP contribution is 2.30. The fourth-order valence-electron chi connectivity index (χ4n) is 3.14. The van der Waals surface area contributed by atoms with Crippen molar-refractivity contribution in [2.24, 2.45) is 0 Å². The molecule has 2 heterocycles. The Morgan fingerprint density at radius 1 is 1.30 bits per heavy atom. The van der Waals surface area contributed by atoms with Gasteiger partial charge < -0.3 is 9.47 Å². The van der Waals surface area contributed by atoms with Crippen LogP contribution >= 0.6 is 11.6 Å². The van der Waals surface area contributed by atoms with Crippen LogP contribution in [0.1, 0.15) is 39.6 Å². The SMILES string of the molecule is COC(=O)c1ccc(COC(=O)/C=C/c2c(C)nn(C3CCS(=O)(=O)C3)c2Cl)cc1. The number of benzene rings is 1. The lowest BCUT2D eigenvalue weighted by Crippen LogP contribution is -2.12. The summed E-state index contributed by atoms with van der Waals surface area (Å²) in [7, 11) is -1.77. The Labute approximate surface area is 179 Å². The van der Waals surface area contributed by atoms with Crippen LogP contribution in [0.5, 0.6) is 0 Å². The molecule has 0 radical (unpaired) electrons. The number of methoxy groups -OCH3 is 1. The molecule has 1 unspecified atom stereocenters. The maximum Gasteiger partial charge on any atom is 0.337 e. The van der Waals surface area contributed by atoms with Crippen molar-refractivity contribution in [1.82, 2.24) is 9.78 Å². The van der Waals surface area contributed by atoms with Gasteiger partial charge in [-0.05, 0) is 37.1 Å². The van der Waals surface area contributed by atoms with Crippen molar-refractivity contribution >= 4 is 39.5 Å². The lowest BCUT2D eigenvalue weighted by molar-refractivity contribution is -0.138. The summed E-state index contributed by atoms with van der Waals surface area (Å²) in [5.74, 6) is -0.887. The van der Waals surface area contributed by atoms with Crippen molar-refractivity contribution in [3.05, 3.63) is 57.9 Å². The maximum absolute atomic E-state index is 12.0. The minimum Gasteiger partial charge on any atom is -0.465 e. The summed E-state index contributed by atoms with van der Waals surface area (Å²) in [4.78, 5) is 23.5. The summed E-state index contributed by atoms with van der Waals surface area (Å²) < 4.78 is 34.8. The van der Waals surface area contributed by atoms with Crippen LogP contribution in [0.15, 0.2) is 30.3 Å². The number of aryl methyl sites for hydroxylation is 1. The minimum atomic E-state index is -3.07. The Morgan fingerprint density at radius 2 is 2.00 bits per heavy atom. The van der Waals surface area contributed by atoms with Crippen molar-refractivity contribution in [3.8, 4) is 0 Å². The van der Waals surface area contributed by atoms with E-state index in [4.69, 9.17) is 16.3 Å². The number of aromatic nitrogens is 2. The predicted molar refractivity (Wildman–Crippen MR) is 111 cm³/mol. The highest BCUT2D eigenvalue weighted by atomic mass is 35.5. The number of rotatable bonds is 6. The van der Waals surface area contributed by atoms with E-state index < -0.39 is 21.8 Å². The smallest absolute Gasteiger partial charge is 0.337 e. The maximum atomic E-state index is 12.0.